The molecule has 3 aromatic heterocycles. The second kappa shape index (κ2) is 13.2. The first-order chi connectivity index (χ1) is 32.2. The number of thiophene rings is 1. The molecule has 0 amide bonds. The molecule has 0 saturated carbocycles. The molecule has 0 atom stereocenters. The van der Waals surface area contributed by atoms with Crippen LogP contribution in [0.3, 0.4) is 0 Å². The summed E-state index contributed by atoms with van der Waals surface area (Å²) in [6.45, 7) is 0. The zero-order chi connectivity index (χ0) is 42.3. The van der Waals surface area contributed by atoms with E-state index < -0.39 is 0 Å². The normalized spacial score (nSPS) is 12.3. The summed E-state index contributed by atoms with van der Waals surface area (Å²) in [6, 6.07) is 81.6. The van der Waals surface area contributed by atoms with Crippen molar-refractivity contribution < 1.29 is 0 Å². The summed E-state index contributed by atoms with van der Waals surface area (Å²) in [4.78, 5) is 0. The molecule has 0 radical (unpaired) electrons. The van der Waals surface area contributed by atoms with Crippen LogP contribution in [0.1, 0.15) is 0 Å². The molecule has 0 aliphatic heterocycles. The summed E-state index contributed by atoms with van der Waals surface area (Å²) in [5, 5.41) is 12.8. The van der Waals surface area contributed by atoms with Gasteiger partial charge in [-0.1, -0.05) is 127 Å². The van der Waals surface area contributed by atoms with E-state index in [1.807, 2.05) is 11.3 Å². The lowest BCUT2D eigenvalue weighted by Crippen LogP contribution is -1.94. The molecule has 0 bridgehead atoms. The average molecular weight is 841 g/mol. The van der Waals surface area contributed by atoms with Gasteiger partial charge in [-0.25, -0.2) is 0 Å². The molecule has 65 heavy (non-hydrogen) atoms. The molecule has 2 nitrogen and oxygen atoms in total. The Hall–Kier alpha value is -8.24. The highest BCUT2D eigenvalue weighted by molar-refractivity contribution is 7.25. The Balaban J connectivity index is 0.825. The highest BCUT2D eigenvalue weighted by atomic mass is 32.1. The van der Waals surface area contributed by atoms with Crippen molar-refractivity contribution in [3.8, 4) is 55.9 Å². The Bertz CT molecular complexity index is 4370. The van der Waals surface area contributed by atoms with Gasteiger partial charge in [0.1, 0.15) is 0 Å². The minimum absolute atomic E-state index is 1.16. The van der Waals surface area contributed by atoms with E-state index in [-0.39, 0.29) is 0 Å². The Labute approximate surface area is 378 Å². The van der Waals surface area contributed by atoms with E-state index in [2.05, 4.69) is 228 Å². The van der Waals surface area contributed by atoms with Gasteiger partial charge in [0.05, 0.1) is 22.1 Å². The number of hydrogen-bond donors (Lipinski definition) is 0. The highest BCUT2D eigenvalue weighted by Crippen LogP contribution is 2.49. The zero-order valence-electron chi connectivity index (χ0n) is 35.1. The van der Waals surface area contributed by atoms with Gasteiger partial charge in [-0.2, -0.15) is 0 Å². The monoisotopic (exact) mass is 840 g/mol. The van der Waals surface area contributed by atoms with Gasteiger partial charge in [0.2, 0.25) is 0 Å². The van der Waals surface area contributed by atoms with Crippen LogP contribution in [-0.2, 0) is 0 Å². The molecule has 14 aromatic rings. The predicted molar refractivity (Wildman–Crippen MR) is 278 cm³/mol. The molecular weight excluding hydrogens is 805 g/mol. The lowest BCUT2D eigenvalue weighted by molar-refractivity contribution is 1.19. The van der Waals surface area contributed by atoms with Crippen LogP contribution in [0, 0.1) is 0 Å². The van der Waals surface area contributed by atoms with Crippen LogP contribution in [0.25, 0.3) is 141 Å². The van der Waals surface area contributed by atoms with E-state index in [1.165, 1.54) is 136 Å². The zero-order valence-corrected chi connectivity index (χ0v) is 35.9. The first-order valence-corrected chi connectivity index (χ1v) is 23.2. The summed E-state index contributed by atoms with van der Waals surface area (Å²) in [5.74, 6) is 0. The number of rotatable bonds is 4. The molecule has 300 valence electrons. The van der Waals surface area contributed by atoms with Crippen LogP contribution in [0.5, 0.6) is 0 Å². The van der Waals surface area contributed by atoms with Gasteiger partial charge in [0, 0.05) is 53.1 Å². The largest absolute Gasteiger partial charge is 0.309 e. The fourth-order valence-corrected chi connectivity index (χ4v) is 12.3. The van der Waals surface area contributed by atoms with Gasteiger partial charge in [-0.05, 0) is 157 Å². The van der Waals surface area contributed by atoms with Crippen LogP contribution >= 0.6 is 11.3 Å². The first-order valence-electron chi connectivity index (χ1n) is 22.4. The van der Waals surface area contributed by atoms with E-state index >= 15 is 0 Å². The second-order valence-corrected chi connectivity index (χ2v) is 18.8. The summed E-state index contributed by atoms with van der Waals surface area (Å²) in [7, 11) is 0. The van der Waals surface area contributed by atoms with Crippen LogP contribution in [0.2, 0.25) is 0 Å². The van der Waals surface area contributed by atoms with Gasteiger partial charge in [-0.3, -0.25) is 0 Å². The third kappa shape index (κ3) is 5.04. The van der Waals surface area contributed by atoms with Crippen molar-refractivity contribution in [3.05, 3.63) is 218 Å². The number of aromatic nitrogens is 2. The molecular formula is C62H36N2S. The highest BCUT2D eigenvalue weighted by Gasteiger charge is 2.22. The third-order valence-electron chi connectivity index (χ3n) is 14.2. The van der Waals surface area contributed by atoms with E-state index in [0.29, 0.717) is 0 Å². The van der Waals surface area contributed by atoms with Gasteiger partial charge in [0.25, 0.3) is 0 Å². The Morgan fingerprint density at radius 2 is 0.785 bits per heavy atom. The number of para-hydroxylation sites is 2. The molecule has 3 heterocycles. The molecule has 0 N–H and O–H groups in total. The lowest BCUT2D eigenvalue weighted by Gasteiger charge is -2.12. The maximum atomic E-state index is 2.44. The molecule has 0 unspecified atom stereocenters. The van der Waals surface area contributed by atoms with Crippen molar-refractivity contribution in [2.75, 3.05) is 0 Å². The molecule has 0 spiro atoms. The molecule has 11 aromatic carbocycles. The van der Waals surface area contributed by atoms with Crippen molar-refractivity contribution in [1.29, 1.82) is 0 Å². The van der Waals surface area contributed by atoms with Gasteiger partial charge < -0.3 is 9.13 Å². The molecule has 1 aliphatic rings. The summed E-state index contributed by atoms with van der Waals surface area (Å²) < 4.78 is 7.52. The van der Waals surface area contributed by atoms with Crippen LogP contribution in [0.4, 0.5) is 0 Å². The molecule has 3 heteroatoms. The summed E-state index contributed by atoms with van der Waals surface area (Å²) >= 11 is 1.87. The SMILES string of the molecule is c1ccc2c(c1)-c1cccc3cc(-c4ccc5cc(-n6c7ccccc7c7cc(-c8ccc9c(c8)c8ccccc8n9-c8ccc9sc%10ccccc%10c9c8)ccc76)ccc5c4)cc-2c13. The van der Waals surface area contributed by atoms with Crippen molar-refractivity contribution >= 4 is 96.7 Å². The number of hydrogen-bond acceptors (Lipinski definition) is 1. The molecule has 1 aliphatic carbocycles. The minimum Gasteiger partial charge on any atom is -0.309 e. The smallest absolute Gasteiger partial charge is 0.0541 e. The maximum Gasteiger partial charge on any atom is 0.0541 e. The van der Waals surface area contributed by atoms with Crippen molar-refractivity contribution in [2.24, 2.45) is 0 Å². The fraction of sp³-hybridized carbons (Fsp3) is 0. The Kier molecular flexibility index (Phi) is 7.13. The average Bonchev–Trinajstić information content (AvgIpc) is 4.10. The summed E-state index contributed by atoms with van der Waals surface area (Å²) in [5.41, 5.74) is 17.4. The van der Waals surface area contributed by atoms with Crippen LogP contribution in [0.15, 0.2) is 218 Å². The third-order valence-corrected chi connectivity index (χ3v) is 15.3. The van der Waals surface area contributed by atoms with E-state index in [0.717, 1.165) is 5.69 Å². The maximum absolute atomic E-state index is 2.44. The summed E-state index contributed by atoms with van der Waals surface area (Å²) in [6.07, 6.45) is 0. The van der Waals surface area contributed by atoms with E-state index in [1.54, 1.807) is 0 Å². The molecule has 0 fully saturated rings. The van der Waals surface area contributed by atoms with Crippen LogP contribution < -0.4 is 0 Å². The van der Waals surface area contributed by atoms with Crippen LogP contribution in [-0.4, -0.2) is 9.13 Å². The van der Waals surface area contributed by atoms with Crippen molar-refractivity contribution in [2.45, 2.75) is 0 Å². The first kappa shape index (κ1) is 35.2. The number of nitrogens with zero attached hydrogens (tertiary/aromatic N) is 2. The van der Waals surface area contributed by atoms with E-state index in [4.69, 9.17) is 0 Å². The molecule has 0 saturated heterocycles. The van der Waals surface area contributed by atoms with Gasteiger partial charge in [-0.15, -0.1) is 11.3 Å². The van der Waals surface area contributed by atoms with Crippen molar-refractivity contribution in [3.63, 3.8) is 0 Å². The Morgan fingerprint density at radius 1 is 0.262 bits per heavy atom. The predicted octanol–water partition coefficient (Wildman–Crippen LogP) is 17.5. The van der Waals surface area contributed by atoms with Crippen molar-refractivity contribution in [1.82, 2.24) is 9.13 Å². The lowest BCUT2D eigenvalue weighted by atomic mass is 9.95. The topological polar surface area (TPSA) is 9.86 Å². The quantitative estimate of drug-likeness (QED) is 0.167. The van der Waals surface area contributed by atoms with Gasteiger partial charge >= 0.3 is 0 Å². The number of fused-ring (bicyclic) bond motifs is 13. The van der Waals surface area contributed by atoms with Gasteiger partial charge in [0.15, 0.2) is 0 Å². The fourth-order valence-electron chi connectivity index (χ4n) is 11.3. The second-order valence-electron chi connectivity index (χ2n) is 17.7. The number of benzene rings is 11. The van der Waals surface area contributed by atoms with E-state index in [9.17, 15) is 0 Å². The molecule has 15 rings (SSSR count). The standard InChI is InChI=1S/C62H36N2S/c1-2-12-47-46(11-1)51-16-9-10-42-31-43(35-55(47)62(42)51)38-20-21-39-32-44(25-22-37(39)30-38)63-56-17-6-3-13-48(56)52-33-40(23-27-58(52)63)41-24-28-59-53(34-41)49-14-4-7-18-57(49)64(59)45-26-29-61-54(36-45)50-15-5-8-19-60(50)65-61/h1-36H. The Morgan fingerprint density at radius 3 is 1.54 bits per heavy atom. The minimum atomic E-state index is 1.16.